The van der Waals surface area contributed by atoms with Crippen LogP contribution in [0.5, 0.6) is 0 Å². The lowest BCUT2D eigenvalue weighted by Crippen LogP contribution is -2.27. The van der Waals surface area contributed by atoms with Crippen LogP contribution in [0.2, 0.25) is 5.02 Å². The Morgan fingerprint density at radius 2 is 1.90 bits per heavy atom. The second-order valence-corrected chi connectivity index (χ2v) is 6.33. The maximum Gasteiger partial charge on any atom is 0.0406 e. The maximum absolute atomic E-state index is 6.01. The summed E-state index contributed by atoms with van der Waals surface area (Å²) in [6, 6.07) is 17.5. The van der Waals surface area contributed by atoms with E-state index in [1.54, 1.807) is 0 Å². The van der Waals surface area contributed by atoms with Gasteiger partial charge in [-0.2, -0.15) is 0 Å². The van der Waals surface area contributed by atoms with Gasteiger partial charge in [-0.05, 0) is 60.5 Å². The van der Waals surface area contributed by atoms with E-state index in [0.717, 1.165) is 18.0 Å². The number of fused-ring (bicyclic) bond motifs is 1. The molecule has 1 aliphatic carbocycles. The Balaban J connectivity index is 1.73. The van der Waals surface area contributed by atoms with Crippen LogP contribution >= 0.6 is 11.6 Å². The van der Waals surface area contributed by atoms with Crippen LogP contribution in [0, 0.1) is 0 Å². The smallest absolute Gasteiger partial charge is 0.0406 e. The lowest BCUT2D eigenvalue weighted by Gasteiger charge is -2.33. The molecule has 21 heavy (non-hydrogen) atoms. The van der Waals surface area contributed by atoms with Crippen LogP contribution in [0.4, 0.5) is 0 Å². The zero-order chi connectivity index (χ0) is 14.7. The molecule has 2 aromatic rings. The molecule has 0 spiro atoms. The van der Waals surface area contributed by atoms with Crippen molar-refractivity contribution in [3.05, 3.63) is 70.2 Å². The molecule has 1 aliphatic rings. The normalized spacial score (nSPS) is 17.9. The van der Waals surface area contributed by atoms with Gasteiger partial charge in [0.25, 0.3) is 0 Å². The van der Waals surface area contributed by atoms with Crippen LogP contribution in [0.25, 0.3) is 0 Å². The van der Waals surface area contributed by atoms with Crippen molar-refractivity contribution in [2.24, 2.45) is 0 Å². The van der Waals surface area contributed by atoms with Gasteiger partial charge in [-0.15, -0.1) is 0 Å². The Bertz CT molecular complexity index is 591. The van der Waals surface area contributed by atoms with Gasteiger partial charge in [0, 0.05) is 11.1 Å². The van der Waals surface area contributed by atoms with E-state index >= 15 is 0 Å². The molecule has 0 saturated carbocycles. The van der Waals surface area contributed by atoms with Gasteiger partial charge in [-0.3, -0.25) is 0 Å². The molecule has 0 fully saturated rings. The van der Waals surface area contributed by atoms with Crippen molar-refractivity contribution >= 4 is 11.6 Å². The predicted octanol–water partition coefficient (Wildman–Crippen LogP) is 5.11. The van der Waals surface area contributed by atoms with E-state index < -0.39 is 0 Å². The minimum absolute atomic E-state index is 0.417. The summed E-state index contributed by atoms with van der Waals surface area (Å²) in [5.41, 5.74) is 4.40. The highest BCUT2D eigenvalue weighted by atomic mass is 35.5. The van der Waals surface area contributed by atoms with Crippen molar-refractivity contribution in [1.82, 2.24) is 5.32 Å². The minimum Gasteiger partial charge on any atom is -0.310 e. The highest BCUT2D eigenvalue weighted by molar-refractivity contribution is 6.30. The molecule has 3 rings (SSSR count). The van der Waals surface area contributed by atoms with Gasteiger partial charge in [0.1, 0.15) is 0 Å². The second-order valence-electron chi connectivity index (χ2n) is 5.89. The fraction of sp³-hybridized carbons (Fsp3) is 0.368. The molecule has 0 heterocycles. The molecule has 1 nitrogen and oxygen atoms in total. The average molecular weight is 300 g/mol. The molecule has 110 valence electrons. The van der Waals surface area contributed by atoms with Gasteiger partial charge in [0.05, 0.1) is 0 Å². The molecule has 0 aromatic heterocycles. The number of benzene rings is 2. The van der Waals surface area contributed by atoms with Crippen molar-refractivity contribution in [2.75, 3.05) is 6.54 Å². The summed E-state index contributed by atoms with van der Waals surface area (Å²) >= 11 is 6.01. The molecule has 2 unspecified atom stereocenters. The minimum atomic E-state index is 0.417. The number of hydrogen-bond donors (Lipinski definition) is 1. The summed E-state index contributed by atoms with van der Waals surface area (Å²) in [6.07, 6.45) is 3.54. The quantitative estimate of drug-likeness (QED) is 0.781. The second kappa shape index (κ2) is 6.64. The lowest BCUT2D eigenvalue weighted by atomic mass is 9.74. The molecule has 2 heteroatoms. The third-order valence-electron chi connectivity index (χ3n) is 4.39. The lowest BCUT2D eigenvalue weighted by molar-refractivity contribution is 0.428. The van der Waals surface area contributed by atoms with E-state index in [1.807, 2.05) is 12.1 Å². The topological polar surface area (TPSA) is 12.0 Å². The summed E-state index contributed by atoms with van der Waals surface area (Å²) in [5.74, 6) is 0.686. The first kappa shape index (κ1) is 14.6. The van der Waals surface area contributed by atoms with E-state index in [4.69, 9.17) is 11.6 Å². The molecule has 0 aliphatic heterocycles. The van der Waals surface area contributed by atoms with E-state index in [9.17, 15) is 0 Å². The van der Waals surface area contributed by atoms with Crippen LogP contribution in [-0.2, 0) is 6.42 Å². The zero-order valence-corrected chi connectivity index (χ0v) is 13.2. The monoisotopic (exact) mass is 299 g/mol. The molecule has 0 saturated heterocycles. The van der Waals surface area contributed by atoms with Crippen molar-refractivity contribution in [1.29, 1.82) is 0 Å². The summed E-state index contributed by atoms with van der Waals surface area (Å²) in [6.45, 7) is 3.27. The van der Waals surface area contributed by atoms with E-state index in [2.05, 4.69) is 48.6 Å². The molecule has 0 amide bonds. The largest absolute Gasteiger partial charge is 0.310 e. The fourth-order valence-electron chi connectivity index (χ4n) is 3.21. The van der Waals surface area contributed by atoms with Gasteiger partial charge in [0.15, 0.2) is 0 Å². The van der Waals surface area contributed by atoms with Crippen molar-refractivity contribution < 1.29 is 0 Å². The van der Waals surface area contributed by atoms with Crippen molar-refractivity contribution in [3.8, 4) is 0 Å². The fourth-order valence-corrected chi connectivity index (χ4v) is 3.33. The van der Waals surface area contributed by atoms with E-state index in [1.165, 1.54) is 29.5 Å². The number of halogens is 1. The number of rotatable bonds is 6. The van der Waals surface area contributed by atoms with Gasteiger partial charge in [-0.1, -0.05) is 54.9 Å². The van der Waals surface area contributed by atoms with Gasteiger partial charge in [-0.25, -0.2) is 0 Å². The van der Waals surface area contributed by atoms with Crippen molar-refractivity contribution in [3.63, 3.8) is 0 Å². The standard InChI is InChI=1S/C19H22ClN/c1-2-11-21-19(14-7-9-17(20)10-8-14)13-16-12-15-5-3-4-6-18(15)16/h3-10,16,19,21H,2,11-13H2,1H3. The third kappa shape index (κ3) is 3.30. The highest BCUT2D eigenvalue weighted by Gasteiger charge is 2.28. The first-order valence-electron chi connectivity index (χ1n) is 7.84. The summed E-state index contributed by atoms with van der Waals surface area (Å²) in [4.78, 5) is 0. The van der Waals surface area contributed by atoms with Crippen LogP contribution < -0.4 is 5.32 Å². The predicted molar refractivity (Wildman–Crippen MR) is 90.0 cm³/mol. The Morgan fingerprint density at radius 1 is 1.14 bits per heavy atom. The molecule has 1 N–H and O–H groups in total. The average Bonchev–Trinajstić information content (AvgIpc) is 2.49. The highest BCUT2D eigenvalue weighted by Crippen LogP contribution is 2.40. The van der Waals surface area contributed by atoms with Crippen LogP contribution in [0.1, 0.15) is 48.4 Å². The van der Waals surface area contributed by atoms with Crippen LogP contribution in [0.15, 0.2) is 48.5 Å². The van der Waals surface area contributed by atoms with E-state index in [-0.39, 0.29) is 0 Å². The molecule has 0 bridgehead atoms. The first-order chi connectivity index (χ1) is 10.3. The number of nitrogens with one attached hydrogen (secondary N) is 1. The first-order valence-corrected chi connectivity index (χ1v) is 8.22. The Labute approximate surface area is 132 Å². The molecule has 2 aromatic carbocycles. The van der Waals surface area contributed by atoms with Crippen LogP contribution in [-0.4, -0.2) is 6.54 Å². The van der Waals surface area contributed by atoms with Crippen molar-refractivity contribution in [2.45, 2.75) is 38.1 Å². The Hall–Kier alpha value is -1.31. The summed E-state index contributed by atoms with van der Waals surface area (Å²) in [7, 11) is 0. The molecule has 2 atom stereocenters. The summed E-state index contributed by atoms with van der Waals surface area (Å²) < 4.78 is 0. The maximum atomic E-state index is 6.01. The molecular weight excluding hydrogens is 278 g/mol. The van der Waals surface area contributed by atoms with E-state index in [0.29, 0.717) is 12.0 Å². The summed E-state index contributed by atoms with van der Waals surface area (Å²) in [5, 5.41) is 4.50. The number of hydrogen-bond acceptors (Lipinski definition) is 1. The van der Waals surface area contributed by atoms with Gasteiger partial charge >= 0.3 is 0 Å². The Kier molecular flexibility index (Phi) is 4.62. The zero-order valence-electron chi connectivity index (χ0n) is 12.5. The molecular formula is C19H22ClN. The van der Waals surface area contributed by atoms with Gasteiger partial charge < -0.3 is 5.32 Å². The van der Waals surface area contributed by atoms with Crippen LogP contribution in [0.3, 0.4) is 0 Å². The molecule has 0 radical (unpaired) electrons. The van der Waals surface area contributed by atoms with Gasteiger partial charge in [0.2, 0.25) is 0 Å². The Morgan fingerprint density at radius 3 is 2.62 bits per heavy atom. The third-order valence-corrected chi connectivity index (χ3v) is 4.65. The SMILES string of the molecule is CCCNC(CC1Cc2ccccc21)c1ccc(Cl)cc1.